The van der Waals surface area contributed by atoms with Crippen LogP contribution in [0.2, 0.25) is 0 Å². The van der Waals surface area contributed by atoms with E-state index < -0.39 is 5.91 Å². The minimum Gasteiger partial charge on any atom is -0.507 e. The van der Waals surface area contributed by atoms with E-state index >= 15 is 0 Å². The Labute approximate surface area is 167 Å². The Morgan fingerprint density at radius 3 is 2.93 bits per heavy atom. The second-order valence-electron chi connectivity index (χ2n) is 6.06. The number of rotatable bonds is 6. The first-order chi connectivity index (χ1) is 13.4. The lowest BCUT2D eigenvalue weighted by Crippen LogP contribution is -3.04. The number of aromatic hydroxyl groups is 1. The third-order valence-electron chi connectivity index (χ3n) is 3.55. The zero-order valence-corrected chi connectivity index (χ0v) is 16.5. The maximum Gasteiger partial charge on any atom is 0.294 e. The molecular formula is C15H17BrN9O3+. The zero-order chi connectivity index (χ0) is 20.3. The van der Waals surface area contributed by atoms with Crippen molar-refractivity contribution in [1.29, 1.82) is 0 Å². The van der Waals surface area contributed by atoms with E-state index in [0.717, 1.165) is 9.37 Å². The van der Waals surface area contributed by atoms with Gasteiger partial charge in [0.25, 0.3) is 5.91 Å². The van der Waals surface area contributed by atoms with Crippen LogP contribution in [0.25, 0.3) is 5.82 Å². The number of nitrogens with one attached hydrogen (secondary N) is 2. The molecule has 0 bridgehead atoms. The standard InChI is InChI=1S/C15H16BrN9O3/c1-24(2)7-10-12(19-23-25(10)14-13(17)21-28-22-14)15(27)20-18-6-8-5-9(16)3-4-11(8)26/h3-6,26H,7H2,1-2H3,(H2,17,21)(H,20,27)/p+1. The molecule has 2 heterocycles. The molecule has 0 radical (unpaired) electrons. The number of quaternary nitrogens is 1. The minimum atomic E-state index is -0.580. The number of hydrazone groups is 1. The lowest BCUT2D eigenvalue weighted by atomic mass is 10.2. The SMILES string of the molecule is C[NH+](C)Cc1c(C(=O)NN=Cc2cc(Br)ccc2O)nnn1-c1nonc1N. The fourth-order valence-electron chi connectivity index (χ4n) is 2.32. The molecule has 3 aromatic rings. The molecular weight excluding hydrogens is 434 g/mol. The fourth-order valence-corrected chi connectivity index (χ4v) is 2.70. The molecule has 1 aromatic carbocycles. The normalized spacial score (nSPS) is 11.4. The Morgan fingerprint density at radius 1 is 1.46 bits per heavy atom. The highest BCUT2D eigenvalue weighted by Crippen LogP contribution is 2.20. The Balaban J connectivity index is 1.85. The summed E-state index contributed by atoms with van der Waals surface area (Å²) in [5.74, 6) is -0.387. The van der Waals surface area contributed by atoms with Gasteiger partial charge in [-0.3, -0.25) is 4.79 Å². The lowest BCUT2D eigenvalue weighted by Gasteiger charge is -2.08. The molecule has 0 atom stereocenters. The van der Waals surface area contributed by atoms with Gasteiger partial charge in [0, 0.05) is 10.0 Å². The van der Waals surface area contributed by atoms with E-state index in [1.54, 1.807) is 12.1 Å². The number of nitrogens with two attached hydrogens (primary N) is 1. The molecule has 2 aromatic heterocycles. The average Bonchev–Trinajstić information content (AvgIpc) is 3.23. The van der Waals surface area contributed by atoms with Crippen LogP contribution in [0.3, 0.4) is 0 Å². The van der Waals surface area contributed by atoms with Gasteiger partial charge in [0.15, 0.2) is 5.69 Å². The van der Waals surface area contributed by atoms with Crippen molar-refractivity contribution in [1.82, 2.24) is 30.7 Å². The second kappa shape index (κ2) is 8.14. The van der Waals surface area contributed by atoms with Gasteiger partial charge in [-0.25, -0.2) is 10.1 Å². The van der Waals surface area contributed by atoms with Crippen LogP contribution in [-0.2, 0) is 6.54 Å². The number of halogens is 1. The summed E-state index contributed by atoms with van der Waals surface area (Å²) in [5.41, 5.74) is 9.03. The number of carbonyl (C=O) groups is 1. The number of nitrogens with zero attached hydrogens (tertiary/aromatic N) is 6. The molecule has 0 saturated heterocycles. The second-order valence-corrected chi connectivity index (χ2v) is 6.97. The third kappa shape index (κ3) is 4.15. The van der Waals surface area contributed by atoms with Gasteiger partial charge in [-0.05, 0) is 28.5 Å². The molecule has 3 rings (SSSR count). The molecule has 12 nitrogen and oxygen atoms in total. The van der Waals surface area contributed by atoms with Gasteiger partial charge >= 0.3 is 0 Å². The first-order valence-electron chi connectivity index (χ1n) is 8.00. The third-order valence-corrected chi connectivity index (χ3v) is 4.05. The average molecular weight is 451 g/mol. The first-order valence-corrected chi connectivity index (χ1v) is 8.80. The van der Waals surface area contributed by atoms with Crippen molar-refractivity contribution in [2.75, 3.05) is 19.8 Å². The van der Waals surface area contributed by atoms with Gasteiger partial charge < -0.3 is 15.7 Å². The molecule has 28 heavy (non-hydrogen) atoms. The van der Waals surface area contributed by atoms with Crippen molar-refractivity contribution < 1.29 is 19.4 Å². The number of anilines is 1. The number of carbonyl (C=O) groups excluding carboxylic acids is 1. The van der Waals surface area contributed by atoms with Crippen molar-refractivity contribution in [2.45, 2.75) is 6.54 Å². The van der Waals surface area contributed by atoms with Crippen LogP contribution in [0.1, 0.15) is 21.7 Å². The number of hydrogen-bond donors (Lipinski definition) is 4. The lowest BCUT2D eigenvalue weighted by molar-refractivity contribution is -0.873. The van der Waals surface area contributed by atoms with E-state index in [1.165, 1.54) is 17.0 Å². The predicted octanol–water partition coefficient (Wildman–Crippen LogP) is -0.891. The number of phenols is 1. The largest absolute Gasteiger partial charge is 0.507 e. The van der Waals surface area contributed by atoms with E-state index in [0.29, 0.717) is 17.8 Å². The van der Waals surface area contributed by atoms with E-state index in [9.17, 15) is 9.90 Å². The van der Waals surface area contributed by atoms with Crippen molar-refractivity contribution in [3.05, 3.63) is 39.6 Å². The molecule has 0 unspecified atom stereocenters. The van der Waals surface area contributed by atoms with Crippen LogP contribution >= 0.6 is 15.9 Å². The van der Waals surface area contributed by atoms with Gasteiger partial charge in [0.05, 0.1) is 20.3 Å². The zero-order valence-electron chi connectivity index (χ0n) is 14.9. The maximum atomic E-state index is 12.5. The van der Waals surface area contributed by atoms with Gasteiger partial charge in [-0.15, -0.1) is 5.10 Å². The smallest absolute Gasteiger partial charge is 0.294 e. The van der Waals surface area contributed by atoms with Crippen LogP contribution < -0.4 is 16.1 Å². The molecule has 5 N–H and O–H groups in total. The van der Waals surface area contributed by atoms with E-state index in [2.05, 4.69) is 51.7 Å². The summed E-state index contributed by atoms with van der Waals surface area (Å²) in [4.78, 5) is 13.6. The summed E-state index contributed by atoms with van der Waals surface area (Å²) in [6.07, 6.45) is 1.32. The van der Waals surface area contributed by atoms with Crippen LogP contribution in [0.4, 0.5) is 5.82 Å². The van der Waals surface area contributed by atoms with Crippen LogP contribution in [-0.4, -0.2) is 56.6 Å². The molecule has 0 aliphatic carbocycles. The van der Waals surface area contributed by atoms with Crippen LogP contribution in [0.5, 0.6) is 5.75 Å². The van der Waals surface area contributed by atoms with Gasteiger partial charge in [-0.1, -0.05) is 21.1 Å². The molecule has 0 spiro atoms. The predicted molar refractivity (Wildman–Crippen MR) is 101 cm³/mol. The van der Waals surface area contributed by atoms with Gasteiger partial charge in [0.1, 0.15) is 18.0 Å². The highest BCUT2D eigenvalue weighted by atomic mass is 79.9. The molecule has 0 aliphatic rings. The topological polar surface area (TPSA) is 162 Å². The number of aromatic nitrogens is 5. The molecule has 13 heteroatoms. The number of hydrogen-bond acceptors (Lipinski definition) is 9. The van der Waals surface area contributed by atoms with E-state index in [-0.39, 0.29) is 23.1 Å². The maximum absolute atomic E-state index is 12.5. The summed E-state index contributed by atoms with van der Waals surface area (Å²) in [7, 11) is 3.80. The molecule has 0 fully saturated rings. The van der Waals surface area contributed by atoms with Crippen LogP contribution in [0.15, 0.2) is 32.4 Å². The molecule has 1 amide bonds. The van der Waals surface area contributed by atoms with Gasteiger partial charge in [-0.2, -0.15) is 9.78 Å². The highest BCUT2D eigenvalue weighted by Gasteiger charge is 2.25. The Morgan fingerprint density at radius 2 is 2.25 bits per heavy atom. The van der Waals surface area contributed by atoms with Crippen molar-refractivity contribution in [2.24, 2.45) is 5.10 Å². The van der Waals surface area contributed by atoms with Crippen molar-refractivity contribution in [3.63, 3.8) is 0 Å². The van der Waals surface area contributed by atoms with E-state index in [1.807, 2.05) is 14.1 Å². The van der Waals surface area contributed by atoms with Gasteiger partial charge in [0.2, 0.25) is 11.6 Å². The van der Waals surface area contributed by atoms with Crippen molar-refractivity contribution >= 4 is 33.9 Å². The fraction of sp³-hybridized carbons (Fsp3) is 0.200. The molecule has 146 valence electrons. The number of benzene rings is 1. The summed E-state index contributed by atoms with van der Waals surface area (Å²) < 4.78 is 6.66. The summed E-state index contributed by atoms with van der Waals surface area (Å²) in [6.45, 7) is 0.401. The monoisotopic (exact) mass is 450 g/mol. The Bertz CT molecular complexity index is 1030. The number of phenolic OH excluding ortho intramolecular Hbond substituents is 1. The Kier molecular flexibility index (Phi) is 5.65. The highest BCUT2D eigenvalue weighted by molar-refractivity contribution is 9.10. The minimum absolute atomic E-state index is 0.0232. The number of nitrogen functional groups attached to an aromatic ring is 1. The summed E-state index contributed by atoms with van der Waals surface area (Å²) >= 11 is 3.30. The molecule has 0 aliphatic heterocycles. The first kappa shape index (κ1) is 19.4. The summed E-state index contributed by atoms with van der Waals surface area (Å²) in [6, 6.07) is 4.85. The summed E-state index contributed by atoms with van der Waals surface area (Å²) in [5, 5.41) is 28.7. The molecule has 0 saturated carbocycles. The van der Waals surface area contributed by atoms with Crippen molar-refractivity contribution in [3.8, 4) is 11.6 Å². The Hall–Kier alpha value is -3.32. The quantitative estimate of drug-likeness (QED) is 0.277. The van der Waals surface area contributed by atoms with Crippen LogP contribution in [0, 0.1) is 0 Å². The van der Waals surface area contributed by atoms with E-state index in [4.69, 9.17) is 5.73 Å². The number of amides is 1.